The van der Waals surface area contributed by atoms with Crippen LogP contribution in [0.25, 0.3) is 5.69 Å². The molecule has 1 aromatic heterocycles. The molecule has 0 amide bonds. The summed E-state index contributed by atoms with van der Waals surface area (Å²) in [7, 11) is 1.62. The third-order valence-electron chi connectivity index (χ3n) is 3.44. The Hall–Kier alpha value is -1.68. The molecule has 1 fully saturated rings. The summed E-state index contributed by atoms with van der Waals surface area (Å²) in [6, 6.07) is 5.69. The van der Waals surface area contributed by atoms with E-state index in [0.717, 1.165) is 16.9 Å². The minimum atomic E-state index is 0.572. The van der Waals surface area contributed by atoms with Crippen LogP contribution in [0, 0.1) is 6.92 Å². The molecule has 3 rings (SSSR count). The van der Waals surface area contributed by atoms with E-state index in [1.807, 2.05) is 19.1 Å². The number of aryl methyl sites for hydroxylation is 1. The quantitative estimate of drug-likeness (QED) is 0.936. The smallest absolute Gasteiger partial charge is 0.146 e. The van der Waals surface area contributed by atoms with Crippen molar-refractivity contribution in [2.45, 2.75) is 25.7 Å². The molecule has 0 radical (unpaired) electrons. The van der Waals surface area contributed by atoms with Crippen LogP contribution in [-0.4, -0.2) is 16.9 Å². The molecule has 0 spiro atoms. The Balaban J connectivity index is 2.12. The highest BCUT2D eigenvalue weighted by Gasteiger charge is 2.27. The molecule has 0 bridgehead atoms. The van der Waals surface area contributed by atoms with Gasteiger partial charge < -0.3 is 10.5 Å². The van der Waals surface area contributed by atoms with Gasteiger partial charge in [0, 0.05) is 23.1 Å². The maximum absolute atomic E-state index is 6.12. The van der Waals surface area contributed by atoms with E-state index < -0.39 is 0 Å². The highest BCUT2D eigenvalue weighted by atomic mass is 35.5. The van der Waals surface area contributed by atoms with Crippen LogP contribution >= 0.6 is 11.6 Å². The number of methoxy groups -OCH3 is 1. The molecular weight excluding hydrogens is 262 g/mol. The Kier molecular flexibility index (Phi) is 2.90. The van der Waals surface area contributed by atoms with Crippen LogP contribution in [0.3, 0.4) is 0 Å². The van der Waals surface area contributed by atoms with E-state index in [-0.39, 0.29) is 0 Å². The summed E-state index contributed by atoms with van der Waals surface area (Å²) in [5.41, 5.74) is 8.92. The van der Waals surface area contributed by atoms with Crippen molar-refractivity contribution in [3.8, 4) is 11.4 Å². The number of anilines is 1. The second kappa shape index (κ2) is 4.46. The Morgan fingerprint density at radius 3 is 2.74 bits per heavy atom. The normalized spacial score (nSPS) is 14.7. The first kappa shape index (κ1) is 12.4. The lowest BCUT2D eigenvalue weighted by Gasteiger charge is -2.12. The SMILES string of the molecule is COc1cc(Cl)c(C)cc1-n1nc(C2CC2)cc1N. The van der Waals surface area contributed by atoms with Gasteiger partial charge in [0.1, 0.15) is 17.3 Å². The number of halogens is 1. The van der Waals surface area contributed by atoms with Gasteiger partial charge in [-0.25, -0.2) is 4.68 Å². The molecule has 1 aliphatic rings. The first-order valence-corrected chi connectivity index (χ1v) is 6.68. The lowest BCUT2D eigenvalue weighted by molar-refractivity contribution is 0.411. The molecule has 0 unspecified atom stereocenters. The van der Waals surface area contributed by atoms with Crippen LogP contribution in [-0.2, 0) is 0 Å². The van der Waals surface area contributed by atoms with Gasteiger partial charge in [0.05, 0.1) is 12.8 Å². The highest BCUT2D eigenvalue weighted by Crippen LogP contribution is 2.40. The molecule has 2 aromatic rings. The van der Waals surface area contributed by atoms with E-state index in [2.05, 4.69) is 5.10 Å². The molecule has 1 saturated carbocycles. The molecule has 1 heterocycles. The molecule has 0 atom stereocenters. The molecule has 4 nitrogen and oxygen atoms in total. The minimum absolute atomic E-state index is 0.572. The van der Waals surface area contributed by atoms with Crippen molar-refractivity contribution in [2.24, 2.45) is 0 Å². The van der Waals surface area contributed by atoms with Crippen molar-refractivity contribution in [1.29, 1.82) is 0 Å². The number of benzene rings is 1. The lowest BCUT2D eigenvalue weighted by atomic mass is 10.2. The summed E-state index contributed by atoms with van der Waals surface area (Å²) in [5.74, 6) is 1.87. The molecule has 1 aromatic carbocycles. The standard InChI is InChI=1S/C14H16ClN3O/c1-8-5-12(13(19-2)6-10(8)15)18-14(16)7-11(17-18)9-3-4-9/h5-7,9H,3-4,16H2,1-2H3. The van der Waals surface area contributed by atoms with E-state index >= 15 is 0 Å². The van der Waals surface area contributed by atoms with Crippen LogP contribution in [0.2, 0.25) is 5.02 Å². The Labute approximate surface area is 117 Å². The molecular formula is C14H16ClN3O. The summed E-state index contributed by atoms with van der Waals surface area (Å²) in [6.07, 6.45) is 2.40. The summed E-state index contributed by atoms with van der Waals surface area (Å²) in [4.78, 5) is 0. The Morgan fingerprint density at radius 1 is 1.37 bits per heavy atom. The van der Waals surface area contributed by atoms with Crippen molar-refractivity contribution in [1.82, 2.24) is 9.78 Å². The van der Waals surface area contributed by atoms with Gasteiger partial charge in [-0.15, -0.1) is 0 Å². The molecule has 1 aliphatic carbocycles. The van der Waals surface area contributed by atoms with E-state index in [0.29, 0.717) is 22.5 Å². The Morgan fingerprint density at radius 2 is 2.11 bits per heavy atom. The largest absolute Gasteiger partial charge is 0.494 e. The Bertz CT molecular complexity index is 632. The van der Waals surface area contributed by atoms with Gasteiger partial charge in [0.25, 0.3) is 0 Å². The average Bonchev–Trinajstić information content (AvgIpc) is 3.16. The van der Waals surface area contributed by atoms with Gasteiger partial charge in [0.2, 0.25) is 0 Å². The minimum Gasteiger partial charge on any atom is -0.494 e. The van der Waals surface area contributed by atoms with Crippen LogP contribution in [0.4, 0.5) is 5.82 Å². The number of rotatable bonds is 3. The van der Waals surface area contributed by atoms with Crippen LogP contribution in [0.5, 0.6) is 5.75 Å². The molecule has 5 heteroatoms. The third kappa shape index (κ3) is 2.16. The van der Waals surface area contributed by atoms with Crippen molar-refractivity contribution < 1.29 is 4.74 Å². The van der Waals surface area contributed by atoms with E-state index in [4.69, 9.17) is 22.1 Å². The van der Waals surface area contributed by atoms with Crippen LogP contribution < -0.4 is 10.5 Å². The monoisotopic (exact) mass is 277 g/mol. The van der Waals surface area contributed by atoms with E-state index in [1.54, 1.807) is 17.9 Å². The number of nitrogens with two attached hydrogens (primary N) is 1. The average molecular weight is 278 g/mol. The van der Waals surface area contributed by atoms with Gasteiger partial charge in [-0.3, -0.25) is 0 Å². The molecule has 100 valence electrons. The summed E-state index contributed by atoms with van der Waals surface area (Å²) < 4.78 is 7.11. The zero-order valence-corrected chi connectivity index (χ0v) is 11.7. The maximum atomic E-state index is 6.12. The zero-order valence-electron chi connectivity index (χ0n) is 11.0. The van der Waals surface area contributed by atoms with Crippen LogP contribution in [0.15, 0.2) is 18.2 Å². The van der Waals surface area contributed by atoms with Crippen molar-refractivity contribution in [2.75, 3.05) is 12.8 Å². The van der Waals surface area contributed by atoms with Crippen molar-refractivity contribution in [3.05, 3.63) is 34.5 Å². The number of hydrogen-bond donors (Lipinski definition) is 1. The van der Waals surface area contributed by atoms with Crippen molar-refractivity contribution in [3.63, 3.8) is 0 Å². The summed E-state index contributed by atoms with van der Waals surface area (Å²) in [5, 5.41) is 5.26. The van der Waals surface area contributed by atoms with Gasteiger partial charge in [-0.2, -0.15) is 5.10 Å². The summed E-state index contributed by atoms with van der Waals surface area (Å²) in [6.45, 7) is 1.95. The van der Waals surface area contributed by atoms with E-state index in [1.165, 1.54) is 12.8 Å². The predicted octanol–water partition coefficient (Wildman–Crippen LogP) is 3.30. The first-order chi connectivity index (χ1) is 9.10. The molecule has 0 aliphatic heterocycles. The fourth-order valence-electron chi connectivity index (χ4n) is 2.16. The fourth-order valence-corrected chi connectivity index (χ4v) is 2.32. The van der Waals surface area contributed by atoms with Gasteiger partial charge in [0.15, 0.2) is 0 Å². The van der Waals surface area contributed by atoms with Gasteiger partial charge >= 0.3 is 0 Å². The highest BCUT2D eigenvalue weighted by molar-refractivity contribution is 6.31. The first-order valence-electron chi connectivity index (χ1n) is 6.30. The van der Waals surface area contributed by atoms with E-state index in [9.17, 15) is 0 Å². The predicted molar refractivity (Wildman–Crippen MR) is 76.3 cm³/mol. The number of ether oxygens (including phenoxy) is 1. The van der Waals surface area contributed by atoms with Crippen LogP contribution in [0.1, 0.15) is 30.0 Å². The number of nitrogen functional groups attached to an aromatic ring is 1. The number of hydrogen-bond acceptors (Lipinski definition) is 3. The molecule has 19 heavy (non-hydrogen) atoms. The lowest BCUT2D eigenvalue weighted by Crippen LogP contribution is -2.04. The second-order valence-electron chi connectivity index (χ2n) is 4.95. The van der Waals surface area contributed by atoms with Crippen molar-refractivity contribution >= 4 is 17.4 Å². The molecule has 0 saturated heterocycles. The summed E-state index contributed by atoms with van der Waals surface area (Å²) >= 11 is 6.12. The zero-order chi connectivity index (χ0) is 13.6. The third-order valence-corrected chi connectivity index (χ3v) is 3.85. The maximum Gasteiger partial charge on any atom is 0.146 e. The molecule has 2 N–H and O–H groups in total. The fraction of sp³-hybridized carbons (Fsp3) is 0.357. The number of nitrogens with zero attached hydrogens (tertiary/aromatic N) is 2. The van der Waals surface area contributed by atoms with Gasteiger partial charge in [-0.05, 0) is 31.4 Å². The van der Waals surface area contributed by atoms with Gasteiger partial charge in [-0.1, -0.05) is 11.6 Å². The topological polar surface area (TPSA) is 53.1 Å². The number of aromatic nitrogens is 2. The second-order valence-corrected chi connectivity index (χ2v) is 5.36.